The third-order valence-electron chi connectivity index (χ3n) is 5.66. The van der Waals surface area contributed by atoms with Crippen molar-refractivity contribution in [2.75, 3.05) is 12.4 Å². The van der Waals surface area contributed by atoms with E-state index in [2.05, 4.69) is 15.4 Å². The first-order valence-corrected chi connectivity index (χ1v) is 9.55. The van der Waals surface area contributed by atoms with E-state index in [1.165, 1.54) is 23.1 Å². The Morgan fingerprint density at radius 1 is 1.17 bits per heavy atom. The monoisotopic (exact) mass is 408 g/mol. The highest BCUT2D eigenvalue weighted by atomic mass is 19.1. The Labute approximate surface area is 171 Å². The number of anilines is 1. The fraction of sp³-hybridized carbons (Fsp3) is 0.227. The van der Waals surface area contributed by atoms with Crippen molar-refractivity contribution in [3.05, 3.63) is 83.3 Å². The molecule has 6 nitrogen and oxygen atoms in total. The van der Waals surface area contributed by atoms with Gasteiger partial charge in [0.05, 0.1) is 19.1 Å². The molecule has 0 spiro atoms. The fourth-order valence-electron chi connectivity index (χ4n) is 4.43. The standard InChI is InChI=1S/C22H18F2N4O2/c1-30-19-5-3-2-4-16(19)12-8-17-20(18(29)9-12)21(28-22(27-17)25-11-26-28)13-6-14(23)10-15(24)7-13/h2-8,10-12,20-21H,9H2,1H3,(H,25,26,27). The molecule has 0 saturated carbocycles. The highest BCUT2D eigenvalue weighted by molar-refractivity contribution is 5.89. The number of para-hydroxylation sites is 1. The molecule has 0 amide bonds. The molecule has 152 valence electrons. The van der Waals surface area contributed by atoms with Gasteiger partial charge in [-0.15, -0.1) is 0 Å². The quantitative estimate of drug-likeness (QED) is 0.713. The fourth-order valence-corrected chi connectivity index (χ4v) is 4.43. The normalized spacial score (nSPS) is 22.6. The number of fused-ring (bicyclic) bond motifs is 2. The summed E-state index contributed by atoms with van der Waals surface area (Å²) in [5, 5.41) is 7.38. The van der Waals surface area contributed by atoms with Crippen molar-refractivity contribution in [3.63, 3.8) is 0 Å². The van der Waals surface area contributed by atoms with E-state index >= 15 is 0 Å². The minimum atomic E-state index is -0.703. The maximum Gasteiger partial charge on any atom is 0.226 e. The predicted molar refractivity (Wildman–Crippen MR) is 105 cm³/mol. The van der Waals surface area contributed by atoms with Gasteiger partial charge >= 0.3 is 0 Å². The minimum Gasteiger partial charge on any atom is -0.496 e. The number of methoxy groups -OCH3 is 1. The smallest absolute Gasteiger partial charge is 0.226 e. The molecule has 30 heavy (non-hydrogen) atoms. The number of rotatable bonds is 3. The number of nitrogens with one attached hydrogen (secondary N) is 1. The van der Waals surface area contributed by atoms with E-state index in [0.29, 0.717) is 23.0 Å². The van der Waals surface area contributed by atoms with Crippen LogP contribution in [0.2, 0.25) is 0 Å². The van der Waals surface area contributed by atoms with Crippen LogP contribution >= 0.6 is 0 Å². The van der Waals surface area contributed by atoms with E-state index in [9.17, 15) is 13.6 Å². The van der Waals surface area contributed by atoms with Crippen molar-refractivity contribution in [1.82, 2.24) is 14.8 Å². The Morgan fingerprint density at radius 3 is 2.70 bits per heavy atom. The van der Waals surface area contributed by atoms with Gasteiger partial charge in [-0.25, -0.2) is 13.5 Å². The lowest BCUT2D eigenvalue weighted by Gasteiger charge is -2.38. The lowest BCUT2D eigenvalue weighted by Crippen LogP contribution is -2.40. The third-order valence-corrected chi connectivity index (χ3v) is 5.66. The van der Waals surface area contributed by atoms with Crippen LogP contribution in [0.4, 0.5) is 14.7 Å². The molecule has 3 aromatic rings. The number of aromatic nitrogens is 3. The van der Waals surface area contributed by atoms with E-state index in [1.54, 1.807) is 7.11 Å². The van der Waals surface area contributed by atoms with Gasteiger partial charge in [0.15, 0.2) is 0 Å². The third kappa shape index (κ3) is 2.96. The zero-order chi connectivity index (χ0) is 20.8. The van der Waals surface area contributed by atoms with Crippen LogP contribution in [0.25, 0.3) is 0 Å². The summed E-state index contributed by atoms with van der Waals surface area (Å²) in [6, 6.07) is 10.2. The van der Waals surface area contributed by atoms with Gasteiger partial charge in [0.2, 0.25) is 5.95 Å². The number of Topliss-reactive ketones (excluding diaryl/α,β-unsaturated/α-hetero) is 1. The molecule has 2 aliphatic rings. The summed E-state index contributed by atoms with van der Waals surface area (Å²) in [4.78, 5) is 17.5. The van der Waals surface area contributed by atoms with Gasteiger partial charge in [-0.2, -0.15) is 10.1 Å². The molecule has 3 atom stereocenters. The molecule has 0 fully saturated rings. The van der Waals surface area contributed by atoms with E-state index in [0.717, 1.165) is 11.6 Å². The predicted octanol–water partition coefficient (Wildman–Crippen LogP) is 3.84. The van der Waals surface area contributed by atoms with E-state index in [-0.39, 0.29) is 18.1 Å². The summed E-state index contributed by atoms with van der Waals surface area (Å²) in [6.07, 6.45) is 3.57. The highest BCUT2D eigenvalue weighted by Crippen LogP contribution is 2.45. The Hall–Kier alpha value is -3.55. The van der Waals surface area contributed by atoms with Crippen molar-refractivity contribution < 1.29 is 18.3 Å². The van der Waals surface area contributed by atoms with Crippen LogP contribution in [0.15, 0.2) is 60.6 Å². The maximum absolute atomic E-state index is 14.0. The first kappa shape index (κ1) is 18.5. The number of hydrogen-bond acceptors (Lipinski definition) is 5. The van der Waals surface area contributed by atoms with Gasteiger partial charge < -0.3 is 10.1 Å². The van der Waals surface area contributed by atoms with Crippen molar-refractivity contribution in [2.24, 2.45) is 5.92 Å². The summed E-state index contributed by atoms with van der Waals surface area (Å²) >= 11 is 0. The average molecular weight is 408 g/mol. The van der Waals surface area contributed by atoms with Gasteiger partial charge in [-0.05, 0) is 23.8 Å². The van der Waals surface area contributed by atoms with Crippen LogP contribution in [0.3, 0.4) is 0 Å². The molecule has 2 heterocycles. The number of ether oxygens (including phenoxy) is 1. The zero-order valence-corrected chi connectivity index (χ0v) is 16.0. The largest absolute Gasteiger partial charge is 0.496 e. The van der Waals surface area contributed by atoms with Crippen molar-refractivity contribution >= 4 is 11.7 Å². The summed E-state index contributed by atoms with van der Waals surface area (Å²) in [5.74, 6) is -1.17. The first-order valence-electron chi connectivity index (χ1n) is 9.55. The van der Waals surface area contributed by atoms with E-state index < -0.39 is 23.6 Å². The molecule has 3 unspecified atom stereocenters. The summed E-state index contributed by atoms with van der Waals surface area (Å²) in [6.45, 7) is 0. The average Bonchev–Trinajstić information content (AvgIpc) is 3.19. The molecule has 0 bridgehead atoms. The summed E-state index contributed by atoms with van der Waals surface area (Å²) < 4.78 is 34.9. The molecule has 1 aliphatic carbocycles. The van der Waals surface area contributed by atoms with Crippen LogP contribution in [-0.2, 0) is 4.79 Å². The summed E-state index contributed by atoms with van der Waals surface area (Å²) in [7, 11) is 1.59. The Bertz CT molecular complexity index is 1150. The second kappa shape index (κ2) is 7.05. The number of nitrogens with zero attached hydrogens (tertiary/aromatic N) is 3. The molecule has 5 rings (SSSR count). The van der Waals surface area contributed by atoms with Gasteiger partial charge in [0, 0.05) is 29.7 Å². The Kier molecular flexibility index (Phi) is 4.34. The number of benzene rings is 2. The highest BCUT2D eigenvalue weighted by Gasteiger charge is 2.43. The molecule has 0 saturated heterocycles. The van der Waals surface area contributed by atoms with Crippen LogP contribution in [0.1, 0.15) is 29.5 Å². The van der Waals surface area contributed by atoms with Crippen molar-refractivity contribution in [1.29, 1.82) is 0 Å². The first-order chi connectivity index (χ1) is 14.5. The van der Waals surface area contributed by atoms with E-state index in [4.69, 9.17) is 4.74 Å². The Balaban J connectivity index is 1.63. The molecule has 1 aliphatic heterocycles. The maximum atomic E-state index is 14.0. The molecule has 2 aromatic carbocycles. The van der Waals surface area contributed by atoms with Crippen LogP contribution in [0.5, 0.6) is 5.75 Å². The lowest BCUT2D eigenvalue weighted by atomic mass is 9.75. The molecule has 0 radical (unpaired) electrons. The second-order valence-corrected chi connectivity index (χ2v) is 7.42. The molecule has 1 N–H and O–H groups in total. The zero-order valence-electron chi connectivity index (χ0n) is 16.0. The summed E-state index contributed by atoms with van der Waals surface area (Å²) in [5.41, 5.74) is 1.89. The number of allylic oxidation sites excluding steroid dienone is 2. The number of carbonyl (C=O) groups is 1. The molecular formula is C22H18F2N4O2. The Morgan fingerprint density at radius 2 is 1.93 bits per heavy atom. The molecule has 8 heteroatoms. The second-order valence-electron chi connectivity index (χ2n) is 7.42. The number of ketones is 1. The van der Waals surface area contributed by atoms with Crippen LogP contribution in [0, 0.1) is 17.6 Å². The van der Waals surface area contributed by atoms with Crippen LogP contribution in [-0.4, -0.2) is 27.7 Å². The van der Waals surface area contributed by atoms with Gasteiger partial charge in [0.1, 0.15) is 29.5 Å². The topological polar surface area (TPSA) is 69.0 Å². The molecule has 1 aromatic heterocycles. The van der Waals surface area contributed by atoms with Crippen molar-refractivity contribution in [3.8, 4) is 5.75 Å². The van der Waals surface area contributed by atoms with Crippen molar-refractivity contribution in [2.45, 2.75) is 18.4 Å². The van der Waals surface area contributed by atoms with Crippen LogP contribution < -0.4 is 10.1 Å². The van der Waals surface area contributed by atoms with Gasteiger partial charge in [0.25, 0.3) is 0 Å². The number of hydrogen-bond donors (Lipinski definition) is 1. The number of halogens is 2. The van der Waals surface area contributed by atoms with E-state index in [1.807, 2.05) is 30.3 Å². The minimum absolute atomic E-state index is 0.0493. The number of carbonyl (C=O) groups excluding carboxylic acids is 1. The molecular weight excluding hydrogens is 390 g/mol. The lowest BCUT2D eigenvalue weighted by molar-refractivity contribution is -0.123. The van der Waals surface area contributed by atoms with Gasteiger partial charge in [-0.3, -0.25) is 4.79 Å². The van der Waals surface area contributed by atoms with Gasteiger partial charge in [-0.1, -0.05) is 24.3 Å². The SMILES string of the molecule is COc1ccccc1C1C=C2Nc3ncnn3C(c3cc(F)cc(F)c3)C2C(=O)C1.